The van der Waals surface area contributed by atoms with E-state index in [2.05, 4.69) is 33.0 Å². The lowest BCUT2D eigenvalue weighted by atomic mass is 9.75. The molecule has 0 bridgehead atoms. The van der Waals surface area contributed by atoms with E-state index in [0.29, 0.717) is 6.04 Å². The molecule has 3 nitrogen and oxygen atoms in total. The molecule has 1 saturated carbocycles. The van der Waals surface area contributed by atoms with Crippen molar-refractivity contribution in [1.29, 1.82) is 0 Å². The van der Waals surface area contributed by atoms with Crippen molar-refractivity contribution in [3.05, 3.63) is 0 Å². The maximum atomic E-state index is 6.22. The van der Waals surface area contributed by atoms with E-state index < -0.39 is 0 Å². The Hall–Kier alpha value is -0.120. The first kappa shape index (κ1) is 16.9. The number of ether oxygens (including phenoxy) is 2. The molecular formula is C16H33NO2. The quantitative estimate of drug-likeness (QED) is 0.652. The summed E-state index contributed by atoms with van der Waals surface area (Å²) in [5.41, 5.74) is -0.00892. The van der Waals surface area contributed by atoms with E-state index in [0.717, 1.165) is 51.5 Å². The Morgan fingerprint density at radius 2 is 1.89 bits per heavy atom. The predicted octanol–water partition coefficient (Wildman–Crippen LogP) is 3.38. The van der Waals surface area contributed by atoms with Gasteiger partial charge in [-0.2, -0.15) is 0 Å². The van der Waals surface area contributed by atoms with Crippen LogP contribution in [0.4, 0.5) is 0 Å². The molecule has 19 heavy (non-hydrogen) atoms. The van der Waals surface area contributed by atoms with Gasteiger partial charge in [0.05, 0.1) is 18.2 Å². The first-order chi connectivity index (χ1) is 9.18. The lowest BCUT2D eigenvalue weighted by Crippen LogP contribution is -2.56. The molecule has 1 fully saturated rings. The highest BCUT2D eigenvalue weighted by Crippen LogP contribution is 2.37. The smallest absolute Gasteiger partial charge is 0.0857 e. The van der Waals surface area contributed by atoms with Crippen molar-refractivity contribution < 1.29 is 9.47 Å². The molecule has 0 radical (unpaired) electrons. The molecule has 114 valence electrons. The molecule has 1 aliphatic rings. The van der Waals surface area contributed by atoms with Crippen molar-refractivity contribution in [3.8, 4) is 0 Å². The number of hydrogen-bond donors (Lipinski definition) is 1. The number of rotatable bonds is 9. The zero-order valence-corrected chi connectivity index (χ0v) is 13.3. The molecule has 0 aromatic carbocycles. The molecule has 1 rings (SSSR count). The lowest BCUT2D eigenvalue weighted by Gasteiger charge is -2.45. The van der Waals surface area contributed by atoms with Crippen LogP contribution >= 0.6 is 0 Å². The van der Waals surface area contributed by atoms with Crippen LogP contribution in [-0.4, -0.2) is 38.0 Å². The fourth-order valence-electron chi connectivity index (χ4n) is 3.12. The molecule has 0 amide bonds. The lowest BCUT2D eigenvalue weighted by molar-refractivity contribution is -0.111. The maximum Gasteiger partial charge on any atom is 0.0857 e. The third kappa shape index (κ3) is 5.05. The van der Waals surface area contributed by atoms with Crippen molar-refractivity contribution in [2.24, 2.45) is 5.92 Å². The van der Waals surface area contributed by atoms with Gasteiger partial charge in [-0.15, -0.1) is 0 Å². The minimum Gasteiger partial charge on any atom is -0.380 e. The summed E-state index contributed by atoms with van der Waals surface area (Å²) in [6, 6.07) is 0.330. The van der Waals surface area contributed by atoms with E-state index in [-0.39, 0.29) is 5.60 Å². The van der Waals surface area contributed by atoms with Crippen molar-refractivity contribution in [2.75, 3.05) is 26.4 Å². The molecule has 0 saturated heterocycles. The van der Waals surface area contributed by atoms with Crippen molar-refractivity contribution in [1.82, 2.24) is 5.32 Å². The van der Waals surface area contributed by atoms with Crippen molar-refractivity contribution in [3.63, 3.8) is 0 Å². The van der Waals surface area contributed by atoms with Crippen LogP contribution in [0.1, 0.15) is 59.8 Å². The molecule has 0 heterocycles. The van der Waals surface area contributed by atoms with E-state index in [1.165, 1.54) is 12.8 Å². The van der Waals surface area contributed by atoms with Gasteiger partial charge in [0, 0.05) is 13.2 Å². The van der Waals surface area contributed by atoms with E-state index in [1.54, 1.807) is 0 Å². The molecule has 0 aromatic heterocycles. The zero-order chi connectivity index (χ0) is 14.1. The van der Waals surface area contributed by atoms with Crippen LogP contribution in [-0.2, 0) is 9.47 Å². The summed E-state index contributed by atoms with van der Waals surface area (Å²) in [6.07, 6.45) is 5.95. The van der Waals surface area contributed by atoms with Crippen LogP contribution in [0.2, 0.25) is 0 Å². The van der Waals surface area contributed by atoms with E-state index in [9.17, 15) is 0 Å². The minimum absolute atomic E-state index is 0.00892. The van der Waals surface area contributed by atoms with Crippen molar-refractivity contribution >= 4 is 0 Å². The van der Waals surface area contributed by atoms with Crippen LogP contribution in [0.25, 0.3) is 0 Å². The van der Waals surface area contributed by atoms with Gasteiger partial charge in [0.15, 0.2) is 0 Å². The van der Waals surface area contributed by atoms with Gasteiger partial charge >= 0.3 is 0 Å². The number of nitrogens with one attached hydrogen (secondary N) is 1. The van der Waals surface area contributed by atoms with Gasteiger partial charge < -0.3 is 14.8 Å². The molecule has 1 atom stereocenters. The SMILES string of the molecule is CCCOCC(NCC)C1(OCC)CCC(C)CC1. The highest BCUT2D eigenvalue weighted by Gasteiger charge is 2.41. The molecule has 0 aliphatic heterocycles. The summed E-state index contributed by atoms with van der Waals surface area (Å²) in [6.45, 7) is 12.2. The molecule has 3 heteroatoms. The fourth-order valence-corrected chi connectivity index (χ4v) is 3.12. The van der Waals surface area contributed by atoms with Crippen molar-refractivity contribution in [2.45, 2.75) is 71.4 Å². The van der Waals surface area contributed by atoms with Gasteiger partial charge in [-0.05, 0) is 51.5 Å². The maximum absolute atomic E-state index is 6.22. The molecule has 1 aliphatic carbocycles. The Morgan fingerprint density at radius 3 is 2.42 bits per heavy atom. The number of hydrogen-bond acceptors (Lipinski definition) is 3. The average Bonchev–Trinajstić information content (AvgIpc) is 2.41. The van der Waals surface area contributed by atoms with Crippen LogP contribution in [0.3, 0.4) is 0 Å². The molecule has 0 aromatic rings. The van der Waals surface area contributed by atoms with Crippen LogP contribution in [0, 0.1) is 5.92 Å². The molecule has 1 unspecified atom stereocenters. The zero-order valence-electron chi connectivity index (χ0n) is 13.3. The van der Waals surface area contributed by atoms with Crippen LogP contribution < -0.4 is 5.32 Å². The summed E-state index contributed by atoms with van der Waals surface area (Å²) in [7, 11) is 0. The summed E-state index contributed by atoms with van der Waals surface area (Å²) in [5.74, 6) is 0.840. The van der Waals surface area contributed by atoms with Crippen LogP contribution in [0.5, 0.6) is 0 Å². The summed E-state index contributed by atoms with van der Waals surface area (Å²) in [4.78, 5) is 0. The van der Waals surface area contributed by atoms with Gasteiger partial charge in [0.2, 0.25) is 0 Å². The van der Waals surface area contributed by atoms with E-state index in [4.69, 9.17) is 9.47 Å². The summed E-state index contributed by atoms with van der Waals surface area (Å²) < 4.78 is 12.0. The fraction of sp³-hybridized carbons (Fsp3) is 1.00. The van der Waals surface area contributed by atoms with Crippen LogP contribution in [0.15, 0.2) is 0 Å². The average molecular weight is 271 g/mol. The standard InChI is InChI=1S/C16H33NO2/c1-5-12-18-13-15(17-6-2)16(19-7-3)10-8-14(4)9-11-16/h14-15,17H,5-13H2,1-4H3. The second-order valence-corrected chi connectivity index (χ2v) is 5.87. The first-order valence-electron chi connectivity index (χ1n) is 8.13. The largest absolute Gasteiger partial charge is 0.380 e. The topological polar surface area (TPSA) is 30.5 Å². The molecule has 1 N–H and O–H groups in total. The van der Waals surface area contributed by atoms with E-state index in [1.807, 2.05) is 0 Å². The number of likely N-dealkylation sites (N-methyl/N-ethyl adjacent to an activating group) is 1. The Balaban J connectivity index is 2.67. The monoisotopic (exact) mass is 271 g/mol. The second kappa shape index (κ2) is 8.93. The Labute approximate surface area is 119 Å². The summed E-state index contributed by atoms with van der Waals surface area (Å²) >= 11 is 0. The highest BCUT2D eigenvalue weighted by atomic mass is 16.5. The first-order valence-corrected chi connectivity index (χ1v) is 8.13. The molecular weight excluding hydrogens is 238 g/mol. The minimum atomic E-state index is -0.00892. The van der Waals surface area contributed by atoms with Gasteiger partial charge in [0.1, 0.15) is 0 Å². The van der Waals surface area contributed by atoms with E-state index >= 15 is 0 Å². The third-order valence-electron chi connectivity index (χ3n) is 4.27. The van der Waals surface area contributed by atoms with Gasteiger partial charge in [-0.25, -0.2) is 0 Å². The Morgan fingerprint density at radius 1 is 1.21 bits per heavy atom. The second-order valence-electron chi connectivity index (χ2n) is 5.87. The Kier molecular flexibility index (Phi) is 7.96. The normalized spacial score (nSPS) is 29.4. The summed E-state index contributed by atoms with van der Waals surface area (Å²) in [5, 5.41) is 3.60. The third-order valence-corrected chi connectivity index (χ3v) is 4.27. The molecule has 0 spiro atoms. The van der Waals surface area contributed by atoms with Gasteiger partial charge in [0.25, 0.3) is 0 Å². The van der Waals surface area contributed by atoms with Gasteiger partial charge in [-0.3, -0.25) is 0 Å². The van der Waals surface area contributed by atoms with Gasteiger partial charge in [-0.1, -0.05) is 20.8 Å². The highest BCUT2D eigenvalue weighted by molar-refractivity contribution is 4.96. The Bertz CT molecular complexity index is 225. The predicted molar refractivity (Wildman–Crippen MR) is 80.6 cm³/mol.